The Morgan fingerprint density at radius 2 is 1.69 bits per heavy atom. The Morgan fingerprint density at radius 1 is 1.06 bits per heavy atom. The van der Waals surface area contributed by atoms with Gasteiger partial charge in [-0.05, 0) is 43.8 Å². The molecule has 8 nitrogen and oxygen atoms in total. The molecule has 3 rings (SSSR count). The molecule has 1 aliphatic heterocycles. The van der Waals surface area contributed by atoms with Crippen molar-refractivity contribution in [2.45, 2.75) is 26.3 Å². The lowest BCUT2D eigenvalue weighted by Gasteiger charge is -2.26. The molecular weight excluding hydrogens is 410 g/mol. The molecule has 2 aromatic carbocycles. The summed E-state index contributed by atoms with van der Waals surface area (Å²) < 4.78 is 0. The zero-order valence-electron chi connectivity index (χ0n) is 18.2. The third kappa shape index (κ3) is 4.70. The smallest absolute Gasteiger partial charge is 0.295 e. The van der Waals surface area contributed by atoms with Gasteiger partial charge in [-0.2, -0.15) is 0 Å². The van der Waals surface area contributed by atoms with E-state index in [1.165, 1.54) is 29.2 Å². The molecule has 0 unspecified atom stereocenters. The summed E-state index contributed by atoms with van der Waals surface area (Å²) in [5, 5.41) is 22.0. The number of nitro benzene ring substituents is 1. The van der Waals surface area contributed by atoms with Crippen LogP contribution in [0.4, 0.5) is 5.69 Å². The average Bonchev–Trinajstić information content (AvgIpc) is 3.07. The highest BCUT2D eigenvalue weighted by atomic mass is 16.6. The Bertz CT molecular complexity index is 1010. The van der Waals surface area contributed by atoms with Crippen molar-refractivity contribution >= 4 is 23.1 Å². The maximum absolute atomic E-state index is 13.0. The predicted molar refractivity (Wildman–Crippen MR) is 121 cm³/mol. The summed E-state index contributed by atoms with van der Waals surface area (Å²) in [5.41, 5.74) is 0.879. The zero-order chi connectivity index (χ0) is 23.3. The Labute approximate surface area is 186 Å². The van der Waals surface area contributed by atoms with Crippen LogP contribution in [0.3, 0.4) is 0 Å². The quantitative estimate of drug-likeness (QED) is 0.211. The van der Waals surface area contributed by atoms with Gasteiger partial charge in [-0.15, -0.1) is 0 Å². The van der Waals surface area contributed by atoms with E-state index >= 15 is 0 Å². The number of likely N-dealkylation sites (tertiary alicyclic amines) is 1. The van der Waals surface area contributed by atoms with Crippen LogP contribution in [0.15, 0.2) is 60.2 Å². The summed E-state index contributed by atoms with van der Waals surface area (Å²) in [6, 6.07) is 13.5. The largest absolute Gasteiger partial charge is 0.507 e. The number of nitro groups is 1. The van der Waals surface area contributed by atoms with E-state index in [9.17, 15) is 24.8 Å². The minimum Gasteiger partial charge on any atom is -0.507 e. The Kier molecular flexibility index (Phi) is 7.37. The summed E-state index contributed by atoms with van der Waals surface area (Å²) >= 11 is 0. The van der Waals surface area contributed by atoms with E-state index in [0.717, 1.165) is 19.6 Å². The van der Waals surface area contributed by atoms with Crippen LogP contribution in [0.25, 0.3) is 5.76 Å². The van der Waals surface area contributed by atoms with Crippen molar-refractivity contribution < 1.29 is 19.6 Å². The SMILES string of the molecule is CCN(CC)CCCN1C(=O)C(=O)C(=C(O)c2ccccc2)[C@@H]1c1ccc([N+](=O)[O-])cc1. The molecule has 1 atom stereocenters. The molecule has 0 aliphatic carbocycles. The third-order valence-corrected chi connectivity index (χ3v) is 5.77. The van der Waals surface area contributed by atoms with Crippen LogP contribution in [0.2, 0.25) is 0 Å². The molecule has 32 heavy (non-hydrogen) atoms. The number of carbonyl (C=O) groups excluding carboxylic acids is 2. The van der Waals surface area contributed by atoms with Crippen molar-refractivity contribution in [3.05, 3.63) is 81.4 Å². The minimum atomic E-state index is -0.812. The molecule has 1 heterocycles. The number of aliphatic hydroxyl groups is 1. The van der Waals surface area contributed by atoms with Gasteiger partial charge in [0.1, 0.15) is 5.76 Å². The van der Waals surface area contributed by atoms with Gasteiger partial charge >= 0.3 is 0 Å². The van der Waals surface area contributed by atoms with Gasteiger partial charge in [-0.3, -0.25) is 19.7 Å². The van der Waals surface area contributed by atoms with Crippen LogP contribution >= 0.6 is 0 Å². The molecule has 0 bridgehead atoms. The van der Waals surface area contributed by atoms with Gasteiger partial charge in [0.25, 0.3) is 17.4 Å². The van der Waals surface area contributed by atoms with Crippen molar-refractivity contribution in [2.24, 2.45) is 0 Å². The monoisotopic (exact) mass is 437 g/mol. The minimum absolute atomic E-state index is 0.00195. The van der Waals surface area contributed by atoms with Gasteiger partial charge in [-0.25, -0.2) is 0 Å². The predicted octanol–water partition coefficient (Wildman–Crippen LogP) is 3.75. The van der Waals surface area contributed by atoms with Gasteiger partial charge in [-0.1, -0.05) is 44.2 Å². The van der Waals surface area contributed by atoms with Crippen LogP contribution in [0.1, 0.15) is 37.4 Å². The molecule has 1 aliphatic rings. The molecule has 2 aromatic rings. The lowest BCUT2D eigenvalue weighted by molar-refractivity contribution is -0.384. The molecule has 1 fully saturated rings. The number of aliphatic hydroxyl groups excluding tert-OH is 1. The number of nitrogens with zero attached hydrogens (tertiary/aromatic N) is 3. The lowest BCUT2D eigenvalue weighted by atomic mass is 9.95. The second kappa shape index (κ2) is 10.2. The van der Waals surface area contributed by atoms with E-state index in [2.05, 4.69) is 18.7 Å². The van der Waals surface area contributed by atoms with Crippen molar-refractivity contribution in [3.63, 3.8) is 0 Å². The fourth-order valence-corrected chi connectivity index (χ4v) is 3.99. The van der Waals surface area contributed by atoms with Gasteiger partial charge in [0.2, 0.25) is 0 Å². The topological polar surface area (TPSA) is 104 Å². The molecule has 0 aromatic heterocycles. The highest BCUT2D eigenvalue weighted by Gasteiger charge is 2.45. The van der Waals surface area contributed by atoms with Crippen LogP contribution in [0, 0.1) is 10.1 Å². The third-order valence-electron chi connectivity index (χ3n) is 5.77. The number of hydrogen-bond acceptors (Lipinski definition) is 6. The highest BCUT2D eigenvalue weighted by Crippen LogP contribution is 2.39. The van der Waals surface area contributed by atoms with Crippen molar-refractivity contribution in [3.8, 4) is 0 Å². The first-order valence-electron chi connectivity index (χ1n) is 10.7. The van der Waals surface area contributed by atoms with Crippen LogP contribution in [-0.4, -0.2) is 57.7 Å². The first-order chi connectivity index (χ1) is 15.4. The number of carbonyl (C=O) groups is 2. The molecular formula is C24H27N3O5. The standard InChI is InChI=1S/C24H27N3O5/c1-3-25(4-2)15-8-16-26-21(17-11-13-19(14-12-17)27(31)32)20(23(29)24(26)30)22(28)18-9-6-5-7-10-18/h5-7,9-14,21,28H,3-4,8,15-16H2,1-2H3/t21-/m0/s1. The number of Topliss-reactive ketones (excluding diaryl/α,β-unsaturated/α-hetero) is 1. The summed E-state index contributed by atoms with van der Waals surface area (Å²) in [6.07, 6.45) is 0.656. The molecule has 8 heteroatoms. The molecule has 0 radical (unpaired) electrons. The Hall–Kier alpha value is -3.52. The maximum Gasteiger partial charge on any atom is 0.295 e. The molecule has 168 valence electrons. The van der Waals surface area contributed by atoms with E-state index in [1.54, 1.807) is 30.3 Å². The number of non-ortho nitro benzene ring substituents is 1. The number of amides is 1. The number of ketones is 1. The first kappa shape index (κ1) is 23.1. The van der Waals surface area contributed by atoms with E-state index in [0.29, 0.717) is 24.1 Å². The summed E-state index contributed by atoms with van der Waals surface area (Å²) in [4.78, 5) is 40.1. The van der Waals surface area contributed by atoms with Gasteiger partial charge in [0.15, 0.2) is 0 Å². The Morgan fingerprint density at radius 3 is 2.25 bits per heavy atom. The van der Waals surface area contributed by atoms with E-state index in [-0.39, 0.29) is 17.0 Å². The molecule has 0 saturated carbocycles. The van der Waals surface area contributed by atoms with Crippen LogP contribution in [-0.2, 0) is 9.59 Å². The lowest BCUT2D eigenvalue weighted by Crippen LogP contribution is -2.33. The van der Waals surface area contributed by atoms with E-state index in [4.69, 9.17) is 0 Å². The number of hydrogen-bond donors (Lipinski definition) is 1. The highest BCUT2D eigenvalue weighted by molar-refractivity contribution is 6.46. The van der Waals surface area contributed by atoms with Crippen molar-refractivity contribution in [1.29, 1.82) is 0 Å². The normalized spacial score (nSPS) is 17.8. The number of rotatable bonds is 9. The summed E-state index contributed by atoms with van der Waals surface area (Å²) in [6.45, 7) is 6.99. The Balaban J connectivity index is 2.02. The van der Waals surface area contributed by atoms with Crippen LogP contribution < -0.4 is 0 Å². The first-order valence-corrected chi connectivity index (χ1v) is 10.7. The second-order valence-corrected chi connectivity index (χ2v) is 7.59. The molecule has 1 saturated heterocycles. The maximum atomic E-state index is 13.0. The van der Waals surface area contributed by atoms with Crippen LogP contribution in [0.5, 0.6) is 0 Å². The van der Waals surface area contributed by atoms with E-state index < -0.39 is 22.7 Å². The number of benzene rings is 2. The van der Waals surface area contributed by atoms with Gasteiger partial charge < -0.3 is 14.9 Å². The molecule has 1 N–H and O–H groups in total. The summed E-state index contributed by atoms with van der Waals surface area (Å²) in [5.74, 6) is -1.68. The fourth-order valence-electron chi connectivity index (χ4n) is 3.99. The zero-order valence-corrected chi connectivity index (χ0v) is 18.2. The second-order valence-electron chi connectivity index (χ2n) is 7.59. The van der Waals surface area contributed by atoms with E-state index in [1.807, 2.05) is 0 Å². The molecule has 0 spiro atoms. The van der Waals surface area contributed by atoms with Crippen molar-refractivity contribution in [1.82, 2.24) is 9.80 Å². The van der Waals surface area contributed by atoms with Gasteiger partial charge in [0, 0.05) is 24.2 Å². The summed E-state index contributed by atoms with van der Waals surface area (Å²) in [7, 11) is 0. The van der Waals surface area contributed by atoms with Crippen molar-refractivity contribution in [2.75, 3.05) is 26.2 Å². The molecule has 1 amide bonds. The fraction of sp³-hybridized carbons (Fsp3) is 0.333. The van der Waals surface area contributed by atoms with Gasteiger partial charge in [0.05, 0.1) is 16.5 Å². The average molecular weight is 437 g/mol.